The summed E-state index contributed by atoms with van der Waals surface area (Å²) in [4.78, 5) is 31.9. The first-order valence-corrected chi connectivity index (χ1v) is 11.8. The number of nitrogens with zero attached hydrogens (tertiary/aromatic N) is 3. The summed E-state index contributed by atoms with van der Waals surface area (Å²) in [5.41, 5.74) is 1.20. The molecule has 3 aromatic rings. The number of ketones is 1. The molecule has 0 aliphatic carbocycles. The van der Waals surface area contributed by atoms with Gasteiger partial charge in [0.2, 0.25) is 0 Å². The number of rotatable bonds is 11. The highest BCUT2D eigenvalue weighted by Crippen LogP contribution is 2.40. The second-order valence-corrected chi connectivity index (χ2v) is 8.27. The van der Waals surface area contributed by atoms with E-state index in [1.165, 1.54) is 4.90 Å². The van der Waals surface area contributed by atoms with E-state index in [1.54, 1.807) is 55.0 Å². The van der Waals surface area contributed by atoms with Gasteiger partial charge in [0.05, 0.1) is 24.5 Å². The molecular weight excluding hydrogens is 458 g/mol. The second kappa shape index (κ2) is 11.4. The van der Waals surface area contributed by atoms with Crippen LogP contribution in [0.25, 0.3) is 5.76 Å². The quantitative estimate of drug-likeness (QED) is 0.187. The molecule has 2 heterocycles. The zero-order valence-corrected chi connectivity index (χ0v) is 20.2. The molecule has 1 N–H and O–H groups in total. The highest BCUT2D eigenvalue weighted by molar-refractivity contribution is 6.46. The fourth-order valence-electron chi connectivity index (χ4n) is 4.23. The molecular formula is C28H29N3O5. The molecule has 8 heteroatoms. The van der Waals surface area contributed by atoms with Gasteiger partial charge in [-0.05, 0) is 55.3 Å². The van der Waals surface area contributed by atoms with Gasteiger partial charge in [0.1, 0.15) is 23.9 Å². The number of imidazole rings is 1. The summed E-state index contributed by atoms with van der Waals surface area (Å²) in [5.74, 6) is -0.264. The van der Waals surface area contributed by atoms with Crippen LogP contribution in [0, 0.1) is 0 Å². The SMILES string of the molecule is C=CCOc1ccc(C2/C(=C(/O)c3ccc(OCC)cc3)C(=O)C(=O)N2CCCn2ccnc2)cc1. The molecule has 1 aromatic heterocycles. The molecule has 186 valence electrons. The third kappa shape index (κ3) is 5.33. The standard InChI is InChI=1S/C28H29N3O5/c1-3-18-36-23-10-6-20(7-11-23)25-24(26(32)21-8-12-22(13-9-21)35-4-2)27(33)28(34)31(25)16-5-15-30-17-14-29-19-30/h3,6-14,17,19,25,32H,1,4-5,15-16,18H2,2H3/b26-24-. The summed E-state index contributed by atoms with van der Waals surface area (Å²) >= 11 is 0. The fourth-order valence-corrected chi connectivity index (χ4v) is 4.23. The lowest BCUT2D eigenvalue weighted by molar-refractivity contribution is -0.139. The molecule has 1 unspecified atom stereocenters. The molecule has 2 aromatic carbocycles. The number of Topliss-reactive ketones (excluding diaryl/α,β-unsaturated/α-hetero) is 1. The van der Waals surface area contributed by atoms with Crippen LogP contribution in [-0.4, -0.2) is 51.0 Å². The van der Waals surface area contributed by atoms with Crippen molar-refractivity contribution in [2.75, 3.05) is 19.8 Å². The van der Waals surface area contributed by atoms with Crippen molar-refractivity contribution in [2.45, 2.75) is 25.9 Å². The summed E-state index contributed by atoms with van der Waals surface area (Å²) in [6.45, 7) is 7.39. The van der Waals surface area contributed by atoms with Crippen LogP contribution >= 0.6 is 0 Å². The van der Waals surface area contributed by atoms with Gasteiger partial charge in [0.15, 0.2) is 0 Å². The third-order valence-corrected chi connectivity index (χ3v) is 5.92. The number of amides is 1. The van der Waals surface area contributed by atoms with Crippen molar-refractivity contribution < 1.29 is 24.2 Å². The van der Waals surface area contributed by atoms with E-state index in [2.05, 4.69) is 11.6 Å². The van der Waals surface area contributed by atoms with E-state index in [-0.39, 0.29) is 11.3 Å². The van der Waals surface area contributed by atoms with Crippen molar-refractivity contribution in [3.05, 3.63) is 96.6 Å². The topological polar surface area (TPSA) is 93.9 Å². The van der Waals surface area contributed by atoms with E-state index in [1.807, 2.05) is 29.8 Å². The van der Waals surface area contributed by atoms with Gasteiger partial charge in [-0.1, -0.05) is 24.8 Å². The van der Waals surface area contributed by atoms with Crippen molar-refractivity contribution in [3.8, 4) is 11.5 Å². The summed E-state index contributed by atoms with van der Waals surface area (Å²) in [7, 11) is 0. The summed E-state index contributed by atoms with van der Waals surface area (Å²) in [6.07, 6.45) is 7.52. The average Bonchev–Trinajstić information content (AvgIpc) is 3.50. The van der Waals surface area contributed by atoms with Gasteiger partial charge < -0.3 is 24.0 Å². The number of ether oxygens (including phenoxy) is 2. The summed E-state index contributed by atoms with van der Waals surface area (Å²) < 4.78 is 13.0. The van der Waals surface area contributed by atoms with Crippen molar-refractivity contribution >= 4 is 17.4 Å². The molecule has 1 amide bonds. The Morgan fingerprint density at radius 2 is 1.75 bits per heavy atom. The number of aliphatic hydroxyl groups is 1. The largest absolute Gasteiger partial charge is 0.507 e. The Kier molecular flexibility index (Phi) is 7.85. The molecule has 36 heavy (non-hydrogen) atoms. The second-order valence-electron chi connectivity index (χ2n) is 8.27. The number of benzene rings is 2. The van der Waals surface area contributed by atoms with Crippen LogP contribution in [0.3, 0.4) is 0 Å². The van der Waals surface area contributed by atoms with Crippen molar-refractivity contribution in [2.24, 2.45) is 0 Å². The molecule has 0 saturated carbocycles. The maximum atomic E-state index is 13.2. The first-order chi connectivity index (χ1) is 17.5. The Morgan fingerprint density at radius 3 is 2.39 bits per heavy atom. The van der Waals surface area contributed by atoms with Crippen LogP contribution in [-0.2, 0) is 16.1 Å². The average molecular weight is 488 g/mol. The minimum atomic E-state index is -0.729. The lowest BCUT2D eigenvalue weighted by Gasteiger charge is -2.25. The fraction of sp³-hybridized carbons (Fsp3) is 0.250. The minimum absolute atomic E-state index is 0.0616. The van der Waals surface area contributed by atoms with Crippen LogP contribution < -0.4 is 9.47 Å². The molecule has 1 aliphatic rings. The lowest BCUT2D eigenvalue weighted by atomic mass is 9.95. The molecule has 1 saturated heterocycles. The zero-order chi connectivity index (χ0) is 25.5. The normalized spacial score (nSPS) is 16.8. The van der Waals surface area contributed by atoms with Gasteiger partial charge >= 0.3 is 0 Å². The van der Waals surface area contributed by atoms with E-state index in [4.69, 9.17) is 9.47 Å². The number of hydrogen-bond donors (Lipinski definition) is 1. The van der Waals surface area contributed by atoms with Crippen LogP contribution in [0.2, 0.25) is 0 Å². The maximum Gasteiger partial charge on any atom is 0.295 e. The van der Waals surface area contributed by atoms with E-state index in [0.717, 1.165) is 0 Å². The zero-order valence-electron chi connectivity index (χ0n) is 20.2. The summed E-state index contributed by atoms with van der Waals surface area (Å²) in [5, 5.41) is 11.2. The Bertz CT molecular complexity index is 1230. The Labute approximate surface area is 210 Å². The monoisotopic (exact) mass is 487 g/mol. The molecule has 1 atom stereocenters. The summed E-state index contributed by atoms with van der Waals surface area (Å²) in [6, 6.07) is 13.2. The molecule has 0 bridgehead atoms. The van der Waals surface area contributed by atoms with E-state index >= 15 is 0 Å². The van der Waals surface area contributed by atoms with E-state index in [9.17, 15) is 14.7 Å². The van der Waals surface area contributed by atoms with Crippen LogP contribution in [0.1, 0.15) is 30.5 Å². The number of likely N-dealkylation sites (tertiary alicyclic amines) is 1. The molecule has 4 rings (SSSR count). The highest BCUT2D eigenvalue weighted by Gasteiger charge is 2.45. The number of aliphatic hydroxyl groups excluding tert-OH is 1. The molecule has 0 radical (unpaired) electrons. The van der Waals surface area contributed by atoms with Gasteiger partial charge in [-0.15, -0.1) is 0 Å². The number of hydrogen-bond acceptors (Lipinski definition) is 6. The number of carbonyl (C=O) groups is 2. The first kappa shape index (κ1) is 24.8. The minimum Gasteiger partial charge on any atom is -0.507 e. The smallest absolute Gasteiger partial charge is 0.295 e. The van der Waals surface area contributed by atoms with Crippen molar-refractivity contribution in [1.29, 1.82) is 0 Å². The molecule has 8 nitrogen and oxygen atoms in total. The highest BCUT2D eigenvalue weighted by atomic mass is 16.5. The predicted octanol–water partition coefficient (Wildman–Crippen LogP) is 4.36. The van der Waals surface area contributed by atoms with Crippen molar-refractivity contribution in [3.63, 3.8) is 0 Å². The Balaban J connectivity index is 1.69. The van der Waals surface area contributed by atoms with Gasteiger partial charge in [-0.2, -0.15) is 0 Å². The van der Waals surface area contributed by atoms with Crippen LogP contribution in [0.5, 0.6) is 11.5 Å². The number of carbonyl (C=O) groups excluding carboxylic acids is 2. The molecule has 0 spiro atoms. The maximum absolute atomic E-state index is 13.2. The number of aromatic nitrogens is 2. The van der Waals surface area contributed by atoms with Gasteiger partial charge in [0, 0.05) is 31.0 Å². The van der Waals surface area contributed by atoms with Crippen molar-refractivity contribution in [1.82, 2.24) is 14.5 Å². The van der Waals surface area contributed by atoms with Gasteiger partial charge in [-0.25, -0.2) is 4.98 Å². The van der Waals surface area contributed by atoms with Crippen LogP contribution in [0.15, 0.2) is 85.5 Å². The predicted molar refractivity (Wildman–Crippen MR) is 136 cm³/mol. The van der Waals surface area contributed by atoms with Gasteiger partial charge in [-0.3, -0.25) is 9.59 Å². The van der Waals surface area contributed by atoms with E-state index in [0.29, 0.717) is 55.4 Å². The Hall–Kier alpha value is -4.33. The third-order valence-electron chi connectivity index (χ3n) is 5.92. The first-order valence-electron chi connectivity index (χ1n) is 11.8. The van der Waals surface area contributed by atoms with E-state index < -0.39 is 17.7 Å². The lowest BCUT2D eigenvalue weighted by Crippen LogP contribution is -2.31. The molecule has 1 fully saturated rings. The molecule has 1 aliphatic heterocycles. The number of aryl methyl sites for hydroxylation is 1. The van der Waals surface area contributed by atoms with Crippen LogP contribution in [0.4, 0.5) is 0 Å². The Morgan fingerprint density at radius 1 is 1.06 bits per heavy atom. The van der Waals surface area contributed by atoms with Gasteiger partial charge in [0.25, 0.3) is 11.7 Å².